The van der Waals surface area contributed by atoms with Gasteiger partial charge in [0.1, 0.15) is 5.75 Å². The Kier molecular flexibility index (Phi) is 5.27. The lowest BCUT2D eigenvalue weighted by Gasteiger charge is -2.11. The normalized spacial score (nSPS) is 11.8. The molecule has 0 spiro atoms. The highest BCUT2D eigenvalue weighted by atomic mass is 16.5. The van der Waals surface area contributed by atoms with E-state index in [9.17, 15) is 9.90 Å². The van der Waals surface area contributed by atoms with Gasteiger partial charge in [-0.3, -0.25) is 0 Å². The highest BCUT2D eigenvalue weighted by Gasteiger charge is 2.11. The van der Waals surface area contributed by atoms with E-state index in [1.54, 1.807) is 48.8 Å². The number of esters is 1. The number of phenolic OH excluding ortho intramolecular Hbond substituents is 1. The van der Waals surface area contributed by atoms with Crippen molar-refractivity contribution in [1.29, 1.82) is 0 Å². The van der Waals surface area contributed by atoms with Gasteiger partial charge in [-0.15, -0.1) is 0 Å². The molecule has 0 saturated heterocycles. The molecule has 1 atom stereocenters. The molecular weight excluding hydrogens is 328 g/mol. The Hall–Kier alpha value is -3.21. The first-order valence-corrected chi connectivity index (χ1v) is 8.50. The number of phenols is 1. The number of rotatable bonds is 5. The third-order valence-corrected chi connectivity index (χ3v) is 4.13. The van der Waals surface area contributed by atoms with E-state index >= 15 is 0 Å². The fourth-order valence-corrected chi connectivity index (χ4v) is 2.42. The smallest absolute Gasteiger partial charge is 0.338 e. The molecule has 0 aliphatic carbocycles. The molecule has 0 radical (unpaired) electrons. The number of hydrogen-bond donors (Lipinski definition) is 1. The number of carbonyl (C=O) groups is 1. The third-order valence-electron chi connectivity index (χ3n) is 4.13. The van der Waals surface area contributed by atoms with Crippen LogP contribution in [-0.2, 0) is 4.74 Å². The van der Waals surface area contributed by atoms with E-state index in [4.69, 9.17) is 4.74 Å². The minimum Gasteiger partial charge on any atom is -0.507 e. The zero-order chi connectivity index (χ0) is 18.5. The van der Waals surface area contributed by atoms with Crippen LogP contribution in [0.5, 0.6) is 5.75 Å². The quantitative estimate of drug-likeness (QED) is 0.689. The van der Waals surface area contributed by atoms with Crippen molar-refractivity contribution in [3.63, 3.8) is 0 Å². The lowest BCUT2D eigenvalue weighted by Crippen LogP contribution is -2.13. The molecule has 0 fully saturated rings. The fourth-order valence-electron chi connectivity index (χ4n) is 2.42. The van der Waals surface area contributed by atoms with Crippen molar-refractivity contribution in [1.82, 2.24) is 9.97 Å². The number of hydrogen-bond acceptors (Lipinski definition) is 5. The van der Waals surface area contributed by atoms with Crippen LogP contribution in [0.1, 0.15) is 30.6 Å². The fraction of sp³-hybridized carbons (Fsp3) is 0.190. The van der Waals surface area contributed by atoms with E-state index in [0.29, 0.717) is 17.0 Å². The molecule has 26 heavy (non-hydrogen) atoms. The van der Waals surface area contributed by atoms with E-state index in [2.05, 4.69) is 9.97 Å². The summed E-state index contributed by atoms with van der Waals surface area (Å²) in [6.07, 6.45) is 4.01. The van der Waals surface area contributed by atoms with Crippen LogP contribution in [0.2, 0.25) is 0 Å². The van der Waals surface area contributed by atoms with Crippen molar-refractivity contribution < 1.29 is 14.6 Å². The Morgan fingerprint density at radius 2 is 1.69 bits per heavy atom. The summed E-state index contributed by atoms with van der Waals surface area (Å²) in [7, 11) is 0. The molecule has 2 aromatic carbocycles. The SMILES string of the molecule is CCC(C)OC(=O)c1ccc(-c2ncc(-c3ccccc3O)cn2)cc1. The van der Waals surface area contributed by atoms with Crippen LogP contribution in [-0.4, -0.2) is 27.1 Å². The second-order valence-corrected chi connectivity index (χ2v) is 6.01. The van der Waals surface area contributed by atoms with Gasteiger partial charge in [0.2, 0.25) is 0 Å². The van der Waals surface area contributed by atoms with Crippen LogP contribution in [0.15, 0.2) is 60.9 Å². The molecule has 0 bridgehead atoms. The minimum absolute atomic E-state index is 0.104. The highest BCUT2D eigenvalue weighted by Crippen LogP contribution is 2.28. The van der Waals surface area contributed by atoms with Gasteiger partial charge >= 0.3 is 5.97 Å². The number of nitrogens with zero attached hydrogens (tertiary/aromatic N) is 2. The first-order valence-electron chi connectivity index (χ1n) is 8.50. The zero-order valence-corrected chi connectivity index (χ0v) is 14.7. The Bertz CT molecular complexity index is 890. The van der Waals surface area contributed by atoms with Gasteiger partial charge in [-0.1, -0.05) is 37.3 Å². The van der Waals surface area contributed by atoms with Gasteiger partial charge in [-0.05, 0) is 31.5 Å². The summed E-state index contributed by atoms with van der Waals surface area (Å²) in [6.45, 7) is 3.84. The molecule has 5 heteroatoms. The van der Waals surface area contributed by atoms with E-state index in [0.717, 1.165) is 17.5 Å². The molecule has 3 aromatic rings. The van der Waals surface area contributed by atoms with Gasteiger partial charge < -0.3 is 9.84 Å². The molecular formula is C21H20N2O3. The first-order chi connectivity index (χ1) is 12.6. The summed E-state index contributed by atoms with van der Waals surface area (Å²) in [4.78, 5) is 20.7. The van der Waals surface area contributed by atoms with Gasteiger partial charge in [-0.2, -0.15) is 0 Å². The molecule has 1 heterocycles. The van der Waals surface area contributed by atoms with Crippen molar-refractivity contribution in [3.8, 4) is 28.3 Å². The van der Waals surface area contributed by atoms with Crippen molar-refractivity contribution in [3.05, 3.63) is 66.5 Å². The maximum absolute atomic E-state index is 12.0. The second-order valence-electron chi connectivity index (χ2n) is 6.01. The maximum Gasteiger partial charge on any atom is 0.338 e. The Labute approximate surface area is 152 Å². The van der Waals surface area contributed by atoms with E-state index < -0.39 is 0 Å². The first kappa shape index (κ1) is 17.6. The van der Waals surface area contributed by atoms with Gasteiger partial charge in [-0.25, -0.2) is 14.8 Å². The van der Waals surface area contributed by atoms with Crippen LogP contribution >= 0.6 is 0 Å². The largest absolute Gasteiger partial charge is 0.507 e. The lowest BCUT2D eigenvalue weighted by atomic mass is 10.1. The summed E-state index contributed by atoms with van der Waals surface area (Å²) < 4.78 is 5.31. The predicted octanol–water partition coefficient (Wildman–Crippen LogP) is 4.47. The number of aromatic hydroxyl groups is 1. The van der Waals surface area contributed by atoms with Crippen molar-refractivity contribution >= 4 is 5.97 Å². The highest BCUT2D eigenvalue weighted by molar-refractivity contribution is 5.90. The summed E-state index contributed by atoms with van der Waals surface area (Å²) >= 11 is 0. The molecule has 0 amide bonds. The number of ether oxygens (including phenoxy) is 1. The number of aromatic nitrogens is 2. The Balaban J connectivity index is 1.78. The molecule has 132 valence electrons. The molecule has 1 unspecified atom stereocenters. The number of carbonyl (C=O) groups excluding carboxylic acids is 1. The van der Waals surface area contributed by atoms with Gasteiger partial charge in [0, 0.05) is 29.1 Å². The molecule has 0 saturated carbocycles. The topological polar surface area (TPSA) is 72.3 Å². The standard InChI is InChI=1S/C21H20N2O3/c1-3-14(2)26-21(25)16-10-8-15(9-11-16)20-22-12-17(13-23-20)18-6-4-5-7-19(18)24/h4-14,24H,3H2,1-2H3. The molecule has 0 aliphatic heterocycles. The summed E-state index contributed by atoms with van der Waals surface area (Å²) in [5.74, 6) is 0.403. The van der Waals surface area contributed by atoms with Crippen molar-refractivity contribution in [2.24, 2.45) is 0 Å². The predicted molar refractivity (Wildman–Crippen MR) is 99.7 cm³/mol. The monoisotopic (exact) mass is 348 g/mol. The summed E-state index contributed by atoms with van der Waals surface area (Å²) in [5.41, 5.74) is 2.72. The van der Waals surface area contributed by atoms with Crippen LogP contribution in [0.4, 0.5) is 0 Å². The van der Waals surface area contributed by atoms with Crippen molar-refractivity contribution in [2.75, 3.05) is 0 Å². The number of para-hydroxylation sites is 1. The molecule has 0 aliphatic rings. The van der Waals surface area contributed by atoms with Crippen LogP contribution in [0.25, 0.3) is 22.5 Å². The maximum atomic E-state index is 12.0. The molecule has 1 N–H and O–H groups in total. The molecule has 3 rings (SSSR count). The minimum atomic E-state index is -0.332. The second kappa shape index (κ2) is 7.78. The average Bonchev–Trinajstić information content (AvgIpc) is 2.68. The van der Waals surface area contributed by atoms with E-state index in [-0.39, 0.29) is 17.8 Å². The summed E-state index contributed by atoms with van der Waals surface area (Å²) in [6, 6.07) is 14.1. The van der Waals surface area contributed by atoms with Gasteiger partial charge in [0.25, 0.3) is 0 Å². The third kappa shape index (κ3) is 3.88. The average molecular weight is 348 g/mol. The number of benzene rings is 2. The molecule has 5 nitrogen and oxygen atoms in total. The summed E-state index contributed by atoms with van der Waals surface area (Å²) in [5, 5.41) is 9.91. The van der Waals surface area contributed by atoms with Crippen LogP contribution in [0, 0.1) is 0 Å². The van der Waals surface area contributed by atoms with Gasteiger partial charge in [0.15, 0.2) is 5.82 Å². The molecule has 1 aromatic heterocycles. The van der Waals surface area contributed by atoms with Crippen LogP contribution < -0.4 is 0 Å². The Morgan fingerprint density at radius 1 is 1.04 bits per heavy atom. The lowest BCUT2D eigenvalue weighted by molar-refractivity contribution is 0.0334. The van der Waals surface area contributed by atoms with E-state index in [1.807, 2.05) is 26.0 Å². The van der Waals surface area contributed by atoms with Crippen molar-refractivity contribution in [2.45, 2.75) is 26.4 Å². The van der Waals surface area contributed by atoms with Crippen LogP contribution in [0.3, 0.4) is 0 Å². The Morgan fingerprint density at radius 3 is 2.31 bits per heavy atom. The van der Waals surface area contributed by atoms with Gasteiger partial charge in [0.05, 0.1) is 11.7 Å². The van der Waals surface area contributed by atoms with E-state index in [1.165, 1.54) is 0 Å². The zero-order valence-electron chi connectivity index (χ0n) is 14.7.